The highest BCUT2D eigenvalue weighted by Crippen LogP contribution is 2.24. The van der Waals surface area contributed by atoms with Crippen molar-refractivity contribution in [3.63, 3.8) is 0 Å². The van der Waals surface area contributed by atoms with Crippen molar-refractivity contribution in [3.8, 4) is 0 Å². The normalized spacial score (nSPS) is 15.4. The van der Waals surface area contributed by atoms with Crippen LogP contribution in [0.25, 0.3) is 5.76 Å². The van der Waals surface area contributed by atoms with Crippen LogP contribution in [0.4, 0.5) is 0 Å². The third-order valence-corrected chi connectivity index (χ3v) is 5.03. The Bertz CT molecular complexity index is 797. The van der Waals surface area contributed by atoms with Gasteiger partial charge in [-0.2, -0.15) is 0 Å². The number of carbonyl (C=O) groups excluding carboxylic acids is 3. The molecule has 1 fully saturated rings. The number of hydrogen-bond donors (Lipinski definition) is 1. The maximum Gasteiger partial charge on any atom is 0.263 e. The van der Waals surface area contributed by atoms with Gasteiger partial charge in [0, 0.05) is 24.4 Å². The summed E-state index contributed by atoms with van der Waals surface area (Å²) in [6.07, 6.45) is 4.17. The number of nitrogens with one attached hydrogen (secondary N) is 1. The van der Waals surface area contributed by atoms with E-state index in [-0.39, 0.29) is 24.6 Å². The first-order valence-corrected chi connectivity index (χ1v) is 9.80. The number of hydrogen-bond acceptors (Lipinski definition) is 7. The minimum Gasteiger partial charge on any atom is -0.356 e. The fraction of sp³-hybridized carbons (Fsp3) is 0.350. The lowest BCUT2D eigenvalue weighted by molar-refractivity contribution is -0.169. The van der Waals surface area contributed by atoms with Crippen molar-refractivity contribution >= 4 is 42.2 Å². The Labute approximate surface area is 168 Å². The van der Waals surface area contributed by atoms with Crippen molar-refractivity contribution in [2.75, 3.05) is 0 Å². The Balaban J connectivity index is 2.01. The number of amides is 2. The van der Waals surface area contributed by atoms with Crippen LogP contribution in [0.1, 0.15) is 56.7 Å². The maximum absolute atomic E-state index is 11.6. The molecule has 1 atom stereocenters. The number of carbonyl (C=O) groups is 2. The zero-order chi connectivity index (χ0) is 20.5. The van der Waals surface area contributed by atoms with Gasteiger partial charge in [0.25, 0.3) is 11.8 Å². The molecule has 1 aromatic carbocycles. The lowest BCUT2D eigenvalue weighted by Crippen LogP contribution is -2.28. The highest BCUT2D eigenvalue weighted by atomic mass is 32.2. The monoisotopic (exact) mass is 401 g/mol. The molecule has 0 radical (unpaired) electrons. The van der Waals surface area contributed by atoms with Crippen LogP contribution in [0.2, 0.25) is 0 Å². The number of aliphatic imine (C=N–C) groups is 1. The molecule has 28 heavy (non-hydrogen) atoms. The summed E-state index contributed by atoms with van der Waals surface area (Å²) in [7, 11) is 0. The average molecular weight is 401 g/mol. The van der Waals surface area contributed by atoms with Gasteiger partial charge in [-0.25, -0.2) is 4.79 Å². The zero-order valence-corrected chi connectivity index (χ0v) is 16.8. The van der Waals surface area contributed by atoms with Gasteiger partial charge in [-0.1, -0.05) is 43.7 Å². The minimum absolute atomic E-state index is 0.0112. The van der Waals surface area contributed by atoms with Gasteiger partial charge >= 0.3 is 0 Å². The molecule has 1 unspecified atom stereocenters. The summed E-state index contributed by atoms with van der Waals surface area (Å²) in [5.41, 5.74) is 1.41. The Kier molecular flexibility index (Phi) is 8.19. The van der Waals surface area contributed by atoms with Crippen molar-refractivity contribution in [2.45, 2.75) is 45.6 Å². The van der Waals surface area contributed by atoms with Crippen molar-refractivity contribution < 1.29 is 19.2 Å². The number of hydroxylamine groups is 2. The molecule has 7 nitrogen and oxygen atoms in total. The van der Waals surface area contributed by atoms with E-state index in [9.17, 15) is 14.4 Å². The lowest BCUT2D eigenvalue weighted by Gasteiger charge is -2.16. The standard InChI is InChI=1S/C20H23N3O4S/c1-4-5-6-18(21-3)28-22-14(2)15-7-9-16(10-8-15)17(13-24)27-23-19(25)11-12-20(23)26/h6-10,14,22H,3-5,11-12H2,1-2H3/b18-6+. The molecule has 0 aliphatic carbocycles. The predicted molar refractivity (Wildman–Crippen MR) is 109 cm³/mol. The van der Waals surface area contributed by atoms with Gasteiger partial charge in [-0.05, 0) is 37.6 Å². The zero-order valence-electron chi connectivity index (χ0n) is 15.9. The second-order valence-corrected chi connectivity index (χ2v) is 7.02. The van der Waals surface area contributed by atoms with Crippen LogP contribution < -0.4 is 4.72 Å². The highest BCUT2D eigenvalue weighted by molar-refractivity contribution is 8.01. The molecule has 0 spiro atoms. The van der Waals surface area contributed by atoms with Crippen LogP contribution in [0.3, 0.4) is 0 Å². The Morgan fingerprint density at radius 3 is 2.54 bits per heavy atom. The van der Waals surface area contributed by atoms with E-state index in [4.69, 9.17) is 4.84 Å². The average Bonchev–Trinajstić information content (AvgIpc) is 3.03. The molecule has 1 aliphatic rings. The molecule has 2 amide bonds. The second-order valence-electron chi connectivity index (χ2n) is 6.16. The van der Waals surface area contributed by atoms with Gasteiger partial charge in [0.1, 0.15) is 5.03 Å². The van der Waals surface area contributed by atoms with E-state index in [0.29, 0.717) is 10.6 Å². The summed E-state index contributed by atoms with van der Waals surface area (Å²) < 4.78 is 3.29. The van der Waals surface area contributed by atoms with E-state index in [1.165, 1.54) is 11.9 Å². The first-order chi connectivity index (χ1) is 13.5. The molecular weight excluding hydrogens is 378 g/mol. The fourth-order valence-corrected chi connectivity index (χ4v) is 3.13. The van der Waals surface area contributed by atoms with E-state index >= 15 is 0 Å². The summed E-state index contributed by atoms with van der Waals surface area (Å²) in [5.74, 6) is 0.520. The predicted octanol–water partition coefficient (Wildman–Crippen LogP) is 3.58. The molecule has 148 valence electrons. The molecule has 2 rings (SSSR count). The number of rotatable bonds is 10. The van der Waals surface area contributed by atoms with Gasteiger partial charge in [0.2, 0.25) is 5.76 Å². The summed E-state index contributed by atoms with van der Waals surface area (Å²) in [6.45, 7) is 7.67. The van der Waals surface area contributed by atoms with Crippen LogP contribution >= 0.6 is 11.9 Å². The number of imide groups is 1. The number of allylic oxidation sites excluding steroid dienone is 1. The molecule has 1 saturated heterocycles. The van der Waals surface area contributed by atoms with Crippen LogP contribution in [0, 0.1) is 0 Å². The van der Waals surface area contributed by atoms with Crippen LogP contribution in [-0.2, 0) is 19.2 Å². The third kappa shape index (κ3) is 5.66. The quantitative estimate of drug-likeness (QED) is 0.212. The topological polar surface area (TPSA) is 88.1 Å². The lowest BCUT2D eigenvalue weighted by atomic mass is 10.1. The largest absolute Gasteiger partial charge is 0.356 e. The van der Waals surface area contributed by atoms with Crippen LogP contribution in [-0.4, -0.2) is 29.5 Å². The molecule has 1 aromatic rings. The fourth-order valence-electron chi connectivity index (χ4n) is 2.43. The maximum atomic E-state index is 11.6. The van der Waals surface area contributed by atoms with Crippen molar-refractivity contribution in [1.29, 1.82) is 0 Å². The summed E-state index contributed by atoms with van der Waals surface area (Å²) >= 11 is 1.41. The van der Waals surface area contributed by atoms with E-state index in [1.807, 2.05) is 25.1 Å². The van der Waals surface area contributed by atoms with E-state index in [1.54, 1.807) is 18.1 Å². The van der Waals surface area contributed by atoms with Gasteiger partial charge in [-0.15, -0.1) is 5.06 Å². The van der Waals surface area contributed by atoms with E-state index < -0.39 is 11.8 Å². The van der Waals surface area contributed by atoms with Crippen LogP contribution in [0.15, 0.2) is 40.4 Å². The van der Waals surface area contributed by atoms with Crippen molar-refractivity contribution in [2.24, 2.45) is 4.99 Å². The molecule has 0 bridgehead atoms. The number of unbranched alkanes of at least 4 members (excludes halogenated alkanes) is 1. The molecular formula is C20H23N3O4S. The third-order valence-electron chi connectivity index (χ3n) is 4.06. The molecule has 0 aromatic heterocycles. The Morgan fingerprint density at radius 2 is 2.00 bits per heavy atom. The van der Waals surface area contributed by atoms with Gasteiger partial charge < -0.3 is 4.84 Å². The van der Waals surface area contributed by atoms with Crippen molar-refractivity contribution in [3.05, 3.63) is 46.5 Å². The summed E-state index contributed by atoms with van der Waals surface area (Å²) in [5, 5.41) is 1.45. The Morgan fingerprint density at radius 1 is 1.36 bits per heavy atom. The van der Waals surface area contributed by atoms with Gasteiger partial charge in [0.15, 0.2) is 5.94 Å². The summed E-state index contributed by atoms with van der Waals surface area (Å²) in [6, 6.07) is 7.04. The molecule has 1 heterocycles. The molecule has 1 N–H and O–H groups in total. The van der Waals surface area contributed by atoms with Crippen LogP contribution in [0.5, 0.6) is 0 Å². The van der Waals surface area contributed by atoms with Gasteiger partial charge in [-0.3, -0.25) is 19.3 Å². The first-order valence-electron chi connectivity index (χ1n) is 8.98. The van der Waals surface area contributed by atoms with E-state index in [0.717, 1.165) is 23.4 Å². The SMILES string of the molecule is C=N/C(=C\CCC)SNC(C)c1ccc(C(=C=O)ON2C(=O)CCC2=O)cc1. The smallest absolute Gasteiger partial charge is 0.263 e. The number of benzene rings is 1. The number of nitrogens with zero attached hydrogens (tertiary/aromatic N) is 2. The summed E-state index contributed by atoms with van der Waals surface area (Å²) in [4.78, 5) is 43.7. The second kappa shape index (κ2) is 10.6. The van der Waals surface area contributed by atoms with E-state index in [2.05, 4.69) is 23.4 Å². The molecule has 0 saturated carbocycles. The minimum atomic E-state index is -0.466. The molecule has 1 aliphatic heterocycles. The Hall–Kier alpha value is -2.67. The highest BCUT2D eigenvalue weighted by Gasteiger charge is 2.32. The van der Waals surface area contributed by atoms with Gasteiger partial charge in [0.05, 0.1) is 0 Å². The first kappa shape index (κ1) is 21.6. The molecule has 8 heteroatoms. The van der Waals surface area contributed by atoms with Crippen molar-refractivity contribution in [1.82, 2.24) is 9.79 Å².